The molecule has 0 heterocycles. The van der Waals surface area contributed by atoms with Gasteiger partial charge in [-0.15, -0.1) is 0 Å². The van der Waals surface area contributed by atoms with Crippen LogP contribution in [0.3, 0.4) is 0 Å². The molecule has 6 heteroatoms. The molecule has 0 fully saturated rings. The number of esters is 1. The minimum Gasteiger partial charge on any atom is -0.481 e. The van der Waals surface area contributed by atoms with E-state index in [4.69, 9.17) is 9.47 Å². The number of rotatable bonds is 6. The Morgan fingerprint density at radius 2 is 1.74 bits per heavy atom. The largest absolute Gasteiger partial charge is 0.481 e. The van der Waals surface area contributed by atoms with E-state index in [1.54, 1.807) is 36.4 Å². The van der Waals surface area contributed by atoms with Gasteiger partial charge in [0.05, 0.1) is 7.11 Å². The Kier molecular flexibility index (Phi) is 5.68. The lowest BCUT2D eigenvalue weighted by atomic mass is 10.1. The summed E-state index contributed by atoms with van der Waals surface area (Å²) in [7, 11) is 1.24. The molecule has 0 aliphatic heterocycles. The number of ether oxygens (including phenoxy) is 2. The van der Waals surface area contributed by atoms with Crippen molar-refractivity contribution in [2.24, 2.45) is 0 Å². The molecule has 0 saturated carbocycles. The average molecular weight is 317 g/mol. The number of methoxy groups -OCH3 is 1. The molecule has 0 bridgehead atoms. The molecule has 2 rings (SSSR count). The van der Waals surface area contributed by atoms with Gasteiger partial charge in [0, 0.05) is 0 Å². The van der Waals surface area contributed by atoms with Crippen LogP contribution in [0.2, 0.25) is 0 Å². The summed E-state index contributed by atoms with van der Waals surface area (Å²) in [6.07, 6.45) is 0. The van der Waals surface area contributed by atoms with Gasteiger partial charge in [-0.1, -0.05) is 42.5 Å². The van der Waals surface area contributed by atoms with E-state index in [-0.39, 0.29) is 5.75 Å². The number of carbonyl (C=O) groups is 2. The molecule has 0 saturated heterocycles. The number of halogens is 1. The van der Waals surface area contributed by atoms with Crippen LogP contribution in [-0.2, 0) is 14.3 Å². The molecule has 23 heavy (non-hydrogen) atoms. The fraction of sp³-hybridized carbons (Fsp3) is 0.176. The third kappa shape index (κ3) is 4.54. The summed E-state index contributed by atoms with van der Waals surface area (Å²) in [5.74, 6) is -1.76. The van der Waals surface area contributed by atoms with E-state index in [2.05, 4.69) is 5.32 Å². The lowest BCUT2D eigenvalue weighted by Gasteiger charge is -2.17. The van der Waals surface area contributed by atoms with Crippen LogP contribution in [-0.4, -0.2) is 25.6 Å². The van der Waals surface area contributed by atoms with Crippen molar-refractivity contribution in [3.05, 3.63) is 66.0 Å². The van der Waals surface area contributed by atoms with Crippen molar-refractivity contribution in [3.8, 4) is 5.75 Å². The summed E-state index contributed by atoms with van der Waals surface area (Å²) in [6, 6.07) is 13.5. The number of carbonyl (C=O) groups excluding carboxylic acids is 2. The van der Waals surface area contributed by atoms with Crippen LogP contribution in [0, 0.1) is 5.82 Å². The Labute approximate surface area is 133 Å². The van der Waals surface area contributed by atoms with Gasteiger partial charge in [0.1, 0.15) is 0 Å². The molecule has 5 nitrogen and oxygen atoms in total. The van der Waals surface area contributed by atoms with Gasteiger partial charge in [-0.3, -0.25) is 4.79 Å². The molecule has 0 unspecified atom stereocenters. The molecule has 2 aromatic rings. The first-order valence-electron chi connectivity index (χ1n) is 6.91. The van der Waals surface area contributed by atoms with E-state index in [0.29, 0.717) is 5.56 Å². The normalized spacial score (nSPS) is 11.4. The van der Waals surface area contributed by atoms with Crippen LogP contribution in [0.1, 0.15) is 11.6 Å². The zero-order valence-corrected chi connectivity index (χ0v) is 12.5. The van der Waals surface area contributed by atoms with Crippen LogP contribution in [0.5, 0.6) is 5.75 Å². The van der Waals surface area contributed by atoms with Gasteiger partial charge in [0.15, 0.2) is 24.2 Å². The van der Waals surface area contributed by atoms with E-state index < -0.39 is 30.3 Å². The summed E-state index contributed by atoms with van der Waals surface area (Å²) in [4.78, 5) is 23.8. The van der Waals surface area contributed by atoms with Gasteiger partial charge in [0.2, 0.25) is 0 Å². The smallest absolute Gasteiger partial charge is 0.333 e. The molecule has 1 atom stereocenters. The Bertz CT molecular complexity index is 675. The summed E-state index contributed by atoms with van der Waals surface area (Å²) in [5, 5.41) is 2.51. The number of benzene rings is 2. The van der Waals surface area contributed by atoms with Gasteiger partial charge in [-0.05, 0) is 17.7 Å². The highest BCUT2D eigenvalue weighted by Crippen LogP contribution is 2.16. The zero-order valence-electron chi connectivity index (χ0n) is 12.5. The first-order chi connectivity index (χ1) is 11.1. The molecule has 0 radical (unpaired) electrons. The lowest BCUT2D eigenvalue weighted by molar-refractivity contribution is -0.145. The highest BCUT2D eigenvalue weighted by Gasteiger charge is 2.23. The maximum Gasteiger partial charge on any atom is 0.333 e. The third-order valence-corrected chi connectivity index (χ3v) is 3.07. The fourth-order valence-electron chi connectivity index (χ4n) is 1.95. The molecule has 120 valence electrons. The quantitative estimate of drug-likeness (QED) is 0.830. The number of hydrogen-bond acceptors (Lipinski definition) is 4. The van der Waals surface area contributed by atoms with Crippen LogP contribution >= 0.6 is 0 Å². The lowest BCUT2D eigenvalue weighted by Crippen LogP contribution is -2.37. The Morgan fingerprint density at radius 3 is 2.39 bits per heavy atom. The maximum absolute atomic E-state index is 13.4. The minimum absolute atomic E-state index is 0.0306. The van der Waals surface area contributed by atoms with Crippen LogP contribution < -0.4 is 10.1 Å². The second-order valence-corrected chi connectivity index (χ2v) is 4.65. The van der Waals surface area contributed by atoms with Gasteiger partial charge >= 0.3 is 5.97 Å². The standard InChI is InChI=1S/C17H16FNO4/c1-22-17(21)16(12-7-3-2-4-8-12)19-15(20)11-23-14-10-6-5-9-13(14)18/h2-10,16H,11H2,1H3,(H,19,20)/t16-/m1/s1. The van der Waals surface area contributed by atoms with E-state index >= 15 is 0 Å². The molecule has 0 aromatic heterocycles. The second-order valence-electron chi connectivity index (χ2n) is 4.65. The fourth-order valence-corrected chi connectivity index (χ4v) is 1.95. The summed E-state index contributed by atoms with van der Waals surface area (Å²) < 4.78 is 23.2. The zero-order chi connectivity index (χ0) is 16.7. The first-order valence-corrected chi connectivity index (χ1v) is 6.91. The molecular weight excluding hydrogens is 301 g/mol. The molecule has 1 N–H and O–H groups in total. The Hall–Kier alpha value is -2.89. The summed E-state index contributed by atoms with van der Waals surface area (Å²) >= 11 is 0. The first kappa shape index (κ1) is 16.5. The van der Waals surface area contributed by atoms with Crippen LogP contribution in [0.15, 0.2) is 54.6 Å². The maximum atomic E-state index is 13.4. The van der Waals surface area contributed by atoms with Crippen molar-refractivity contribution in [2.75, 3.05) is 13.7 Å². The van der Waals surface area contributed by atoms with Gasteiger partial charge in [-0.2, -0.15) is 0 Å². The molecule has 0 aliphatic carbocycles. The van der Waals surface area contributed by atoms with Crippen molar-refractivity contribution in [2.45, 2.75) is 6.04 Å². The van der Waals surface area contributed by atoms with Crippen molar-refractivity contribution in [3.63, 3.8) is 0 Å². The molecule has 1 amide bonds. The minimum atomic E-state index is -0.946. The van der Waals surface area contributed by atoms with E-state index in [1.807, 2.05) is 0 Å². The van der Waals surface area contributed by atoms with Crippen molar-refractivity contribution in [1.29, 1.82) is 0 Å². The number of hydrogen-bond donors (Lipinski definition) is 1. The summed E-state index contributed by atoms with van der Waals surface area (Å²) in [5.41, 5.74) is 0.582. The van der Waals surface area contributed by atoms with E-state index in [9.17, 15) is 14.0 Å². The van der Waals surface area contributed by atoms with Crippen molar-refractivity contribution < 1.29 is 23.5 Å². The van der Waals surface area contributed by atoms with Gasteiger partial charge in [-0.25, -0.2) is 9.18 Å². The molecular formula is C17H16FNO4. The number of para-hydroxylation sites is 1. The van der Waals surface area contributed by atoms with Crippen molar-refractivity contribution in [1.82, 2.24) is 5.32 Å². The molecule has 0 aliphatic rings. The molecule has 2 aromatic carbocycles. The average Bonchev–Trinajstić information content (AvgIpc) is 2.59. The Balaban J connectivity index is 2.01. The van der Waals surface area contributed by atoms with Gasteiger partial charge < -0.3 is 14.8 Å². The van der Waals surface area contributed by atoms with Gasteiger partial charge in [0.25, 0.3) is 5.91 Å². The monoisotopic (exact) mass is 317 g/mol. The highest BCUT2D eigenvalue weighted by atomic mass is 19.1. The topological polar surface area (TPSA) is 64.6 Å². The van der Waals surface area contributed by atoms with E-state index in [1.165, 1.54) is 25.3 Å². The number of amides is 1. The third-order valence-electron chi connectivity index (χ3n) is 3.07. The number of nitrogens with one attached hydrogen (secondary N) is 1. The van der Waals surface area contributed by atoms with Crippen molar-refractivity contribution >= 4 is 11.9 Å². The Morgan fingerprint density at radius 1 is 1.09 bits per heavy atom. The van der Waals surface area contributed by atoms with Crippen LogP contribution in [0.4, 0.5) is 4.39 Å². The second kappa shape index (κ2) is 7.93. The van der Waals surface area contributed by atoms with Crippen LogP contribution in [0.25, 0.3) is 0 Å². The SMILES string of the molecule is COC(=O)[C@H](NC(=O)COc1ccccc1F)c1ccccc1. The summed E-state index contributed by atoms with van der Waals surface area (Å²) in [6.45, 7) is -0.415. The highest BCUT2D eigenvalue weighted by molar-refractivity contribution is 5.86. The predicted octanol–water partition coefficient (Wildman–Crippen LogP) is 2.23. The van der Waals surface area contributed by atoms with E-state index in [0.717, 1.165) is 0 Å². The predicted molar refractivity (Wildman–Crippen MR) is 81.2 cm³/mol. The molecule has 0 spiro atoms.